The zero-order chi connectivity index (χ0) is 20.6. The first kappa shape index (κ1) is 21.5. The van der Waals surface area contributed by atoms with Crippen LogP contribution < -0.4 is 14.8 Å². The monoisotopic (exact) mass is 416 g/mol. The molecule has 1 aliphatic heterocycles. The normalized spacial score (nSPS) is 13.8. The zero-order valence-corrected chi connectivity index (χ0v) is 17.9. The summed E-state index contributed by atoms with van der Waals surface area (Å²) in [7, 11) is 1.62. The second-order valence-corrected chi connectivity index (χ2v) is 7.81. The Kier molecular flexibility index (Phi) is 7.78. The van der Waals surface area contributed by atoms with Crippen LogP contribution in [0.3, 0.4) is 0 Å². The highest BCUT2D eigenvalue weighted by Gasteiger charge is 2.19. The summed E-state index contributed by atoms with van der Waals surface area (Å²) in [6, 6.07) is 12.1. The SMILES string of the molecule is COc1cc(CNCCCN2CCCC2=O)cc(Cl)c1OCc1cccc(C)c1. The lowest BCUT2D eigenvalue weighted by atomic mass is 10.1. The molecule has 0 saturated carbocycles. The first-order chi connectivity index (χ1) is 14.1. The maximum atomic E-state index is 11.6. The molecule has 1 amide bonds. The standard InChI is InChI=1S/C23H29ClN2O3/c1-17-6-3-7-18(12-17)16-29-23-20(24)13-19(14-21(23)28-2)15-25-9-5-11-26-10-4-8-22(26)27/h3,6-7,12-14,25H,4-5,8-11,15-16H2,1-2H3. The van der Waals surface area contributed by atoms with Gasteiger partial charge in [-0.3, -0.25) is 4.79 Å². The summed E-state index contributed by atoms with van der Waals surface area (Å²) in [4.78, 5) is 13.6. The number of aryl methyl sites for hydroxylation is 1. The van der Waals surface area contributed by atoms with Crippen molar-refractivity contribution in [1.29, 1.82) is 0 Å². The molecule has 0 aliphatic carbocycles. The van der Waals surface area contributed by atoms with Gasteiger partial charge in [-0.1, -0.05) is 41.4 Å². The number of benzene rings is 2. The van der Waals surface area contributed by atoms with E-state index in [4.69, 9.17) is 21.1 Å². The van der Waals surface area contributed by atoms with Crippen LogP contribution in [0, 0.1) is 6.92 Å². The van der Waals surface area contributed by atoms with E-state index in [-0.39, 0.29) is 5.91 Å². The average molecular weight is 417 g/mol. The Hall–Kier alpha value is -2.24. The summed E-state index contributed by atoms with van der Waals surface area (Å²) in [6.45, 7) is 5.74. The molecule has 5 nitrogen and oxygen atoms in total. The Labute approximate surface area is 177 Å². The van der Waals surface area contributed by atoms with Gasteiger partial charge in [0, 0.05) is 26.1 Å². The van der Waals surface area contributed by atoms with Gasteiger partial charge < -0.3 is 19.7 Å². The van der Waals surface area contributed by atoms with E-state index in [1.54, 1.807) is 7.11 Å². The minimum atomic E-state index is 0.280. The molecule has 1 saturated heterocycles. The minimum Gasteiger partial charge on any atom is -0.493 e. The minimum absolute atomic E-state index is 0.280. The van der Waals surface area contributed by atoms with Crippen molar-refractivity contribution in [1.82, 2.24) is 10.2 Å². The second kappa shape index (κ2) is 10.5. The summed E-state index contributed by atoms with van der Waals surface area (Å²) in [5.41, 5.74) is 3.32. The van der Waals surface area contributed by atoms with Crippen LogP contribution in [0.15, 0.2) is 36.4 Å². The van der Waals surface area contributed by atoms with Crippen LogP contribution in [0.1, 0.15) is 36.0 Å². The van der Waals surface area contributed by atoms with Crippen molar-refractivity contribution in [2.75, 3.05) is 26.7 Å². The quantitative estimate of drug-likeness (QED) is 0.585. The Bertz CT molecular complexity index is 841. The number of nitrogens with one attached hydrogen (secondary N) is 1. The lowest BCUT2D eigenvalue weighted by Gasteiger charge is -2.16. The maximum Gasteiger partial charge on any atom is 0.222 e. The Morgan fingerprint density at radius 1 is 1.21 bits per heavy atom. The third-order valence-corrected chi connectivity index (χ3v) is 5.32. The molecule has 6 heteroatoms. The highest BCUT2D eigenvalue weighted by Crippen LogP contribution is 2.37. The summed E-state index contributed by atoms with van der Waals surface area (Å²) in [5, 5.41) is 3.95. The number of hydrogen-bond acceptors (Lipinski definition) is 4. The molecule has 1 aliphatic rings. The predicted octanol–water partition coefficient (Wildman–Crippen LogP) is 4.34. The molecule has 0 radical (unpaired) electrons. The van der Waals surface area contributed by atoms with Crippen LogP contribution in [-0.2, 0) is 17.9 Å². The van der Waals surface area contributed by atoms with Gasteiger partial charge in [-0.05, 0) is 49.6 Å². The molecule has 2 aromatic carbocycles. The van der Waals surface area contributed by atoms with Gasteiger partial charge in [0.05, 0.1) is 12.1 Å². The summed E-state index contributed by atoms with van der Waals surface area (Å²) < 4.78 is 11.5. The zero-order valence-electron chi connectivity index (χ0n) is 17.2. The molecule has 1 N–H and O–H groups in total. The molecule has 1 heterocycles. The third kappa shape index (κ3) is 6.12. The average Bonchev–Trinajstić information content (AvgIpc) is 3.11. The number of rotatable bonds is 10. The van der Waals surface area contributed by atoms with Gasteiger partial charge in [-0.25, -0.2) is 0 Å². The Morgan fingerprint density at radius 2 is 2.07 bits per heavy atom. The van der Waals surface area contributed by atoms with E-state index in [9.17, 15) is 4.79 Å². The van der Waals surface area contributed by atoms with E-state index in [0.29, 0.717) is 36.1 Å². The molecule has 3 rings (SSSR count). The van der Waals surface area contributed by atoms with Crippen molar-refractivity contribution in [2.45, 2.75) is 39.3 Å². The number of hydrogen-bond donors (Lipinski definition) is 1. The fraction of sp³-hybridized carbons (Fsp3) is 0.435. The molecule has 0 bridgehead atoms. The van der Waals surface area contributed by atoms with Crippen LogP contribution in [-0.4, -0.2) is 37.6 Å². The predicted molar refractivity (Wildman–Crippen MR) is 116 cm³/mol. The molecule has 29 heavy (non-hydrogen) atoms. The second-order valence-electron chi connectivity index (χ2n) is 7.40. The number of nitrogens with zero attached hydrogens (tertiary/aromatic N) is 1. The van der Waals surface area contributed by atoms with E-state index in [0.717, 1.165) is 43.6 Å². The molecule has 0 atom stereocenters. The van der Waals surface area contributed by atoms with Crippen molar-refractivity contribution in [3.8, 4) is 11.5 Å². The largest absolute Gasteiger partial charge is 0.493 e. The van der Waals surface area contributed by atoms with E-state index in [1.165, 1.54) is 5.56 Å². The number of halogens is 1. The molecular weight excluding hydrogens is 388 g/mol. The van der Waals surface area contributed by atoms with E-state index >= 15 is 0 Å². The van der Waals surface area contributed by atoms with Gasteiger partial charge in [0.1, 0.15) is 6.61 Å². The Balaban J connectivity index is 1.51. The van der Waals surface area contributed by atoms with Gasteiger partial charge in [0.25, 0.3) is 0 Å². The van der Waals surface area contributed by atoms with Crippen molar-refractivity contribution < 1.29 is 14.3 Å². The van der Waals surface area contributed by atoms with E-state index in [2.05, 4.69) is 24.4 Å². The highest BCUT2D eigenvalue weighted by molar-refractivity contribution is 6.32. The van der Waals surface area contributed by atoms with Crippen molar-refractivity contribution in [2.24, 2.45) is 0 Å². The van der Waals surface area contributed by atoms with Gasteiger partial charge in [-0.15, -0.1) is 0 Å². The lowest BCUT2D eigenvalue weighted by Crippen LogP contribution is -2.28. The number of methoxy groups -OCH3 is 1. The summed E-state index contributed by atoms with van der Waals surface area (Å²) in [6.07, 6.45) is 2.63. The van der Waals surface area contributed by atoms with Crippen molar-refractivity contribution in [3.63, 3.8) is 0 Å². The molecule has 1 fully saturated rings. The van der Waals surface area contributed by atoms with Gasteiger partial charge in [0.2, 0.25) is 5.91 Å². The molecule has 0 aromatic heterocycles. The first-order valence-electron chi connectivity index (χ1n) is 10.1. The van der Waals surface area contributed by atoms with Gasteiger partial charge in [-0.2, -0.15) is 0 Å². The third-order valence-electron chi connectivity index (χ3n) is 5.04. The molecule has 156 valence electrons. The fourth-order valence-corrected chi connectivity index (χ4v) is 3.83. The van der Waals surface area contributed by atoms with Crippen molar-refractivity contribution in [3.05, 3.63) is 58.1 Å². The number of amides is 1. The highest BCUT2D eigenvalue weighted by atomic mass is 35.5. The summed E-state index contributed by atoms with van der Waals surface area (Å²) in [5.74, 6) is 1.47. The van der Waals surface area contributed by atoms with Crippen LogP contribution in [0.2, 0.25) is 5.02 Å². The molecule has 2 aromatic rings. The maximum absolute atomic E-state index is 11.6. The van der Waals surface area contributed by atoms with Crippen LogP contribution in [0.5, 0.6) is 11.5 Å². The van der Waals surface area contributed by atoms with Crippen LogP contribution in [0.4, 0.5) is 0 Å². The fourth-order valence-electron chi connectivity index (χ4n) is 3.54. The van der Waals surface area contributed by atoms with Crippen molar-refractivity contribution >= 4 is 17.5 Å². The molecule has 0 spiro atoms. The van der Waals surface area contributed by atoms with Crippen LogP contribution >= 0.6 is 11.6 Å². The van der Waals surface area contributed by atoms with Gasteiger partial charge >= 0.3 is 0 Å². The Morgan fingerprint density at radius 3 is 2.79 bits per heavy atom. The number of carbonyl (C=O) groups is 1. The van der Waals surface area contributed by atoms with Gasteiger partial charge in [0.15, 0.2) is 11.5 Å². The molecular formula is C23H29ClN2O3. The molecule has 0 unspecified atom stereocenters. The smallest absolute Gasteiger partial charge is 0.222 e. The lowest BCUT2D eigenvalue weighted by molar-refractivity contribution is -0.127. The number of ether oxygens (including phenoxy) is 2. The van der Waals surface area contributed by atoms with Crippen LogP contribution in [0.25, 0.3) is 0 Å². The summed E-state index contributed by atoms with van der Waals surface area (Å²) >= 11 is 6.48. The number of carbonyl (C=O) groups excluding carboxylic acids is 1. The van der Waals surface area contributed by atoms with E-state index in [1.807, 2.05) is 29.2 Å². The van der Waals surface area contributed by atoms with E-state index < -0.39 is 0 Å². The number of likely N-dealkylation sites (tertiary alicyclic amines) is 1. The first-order valence-corrected chi connectivity index (χ1v) is 10.5. The topological polar surface area (TPSA) is 50.8 Å².